The molecule has 0 fully saturated rings. The van der Waals surface area contributed by atoms with Gasteiger partial charge >= 0.3 is 0 Å². The Labute approximate surface area is 182 Å². The van der Waals surface area contributed by atoms with Crippen LogP contribution in [0.1, 0.15) is 102 Å². The average molecular weight is 442 g/mol. The monoisotopic (exact) mass is 441 g/mol. The minimum absolute atomic E-state index is 0.0335. The normalized spacial score (nSPS) is 12.7. The molecule has 1 aromatic carbocycles. The Morgan fingerprint density at radius 2 is 1.33 bits per heavy atom. The Morgan fingerprint density at radius 1 is 0.867 bits per heavy atom. The molecule has 7 heteroatoms. The van der Waals surface area contributed by atoms with Gasteiger partial charge in [0.2, 0.25) is 0 Å². The van der Waals surface area contributed by atoms with Gasteiger partial charge < -0.3 is 0 Å². The van der Waals surface area contributed by atoms with Gasteiger partial charge in [-0.05, 0) is 12.8 Å². The Bertz CT molecular complexity index is 705. The summed E-state index contributed by atoms with van der Waals surface area (Å²) in [6, 6.07) is 6.12. The maximum absolute atomic E-state index is 11.8. The largest absolute Gasteiger partial charge is 0.285 e. The zero-order valence-corrected chi connectivity index (χ0v) is 19.2. The van der Waals surface area contributed by atoms with Crippen LogP contribution in [-0.4, -0.2) is 23.1 Å². The van der Waals surface area contributed by atoms with E-state index in [0.717, 1.165) is 19.3 Å². The van der Waals surface area contributed by atoms with Gasteiger partial charge in [0.25, 0.3) is 15.8 Å². The first-order valence-corrected chi connectivity index (χ1v) is 13.0. The zero-order valence-electron chi connectivity index (χ0n) is 18.4. The Kier molecular flexibility index (Phi) is 13.6. The number of hydrogen-bond donors (Lipinski definition) is 1. The van der Waals surface area contributed by atoms with Gasteiger partial charge in [-0.3, -0.25) is 14.7 Å². The van der Waals surface area contributed by atoms with E-state index in [1.165, 1.54) is 63.9 Å². The Hall–Kier alpha value is -1.47. The predicted molar refractivity (Wildman–Crippen MR) is 122 cm³/mol. The quantitative estimate of drug-likeness (QED) is 0.116. The number of para-hydroxylation sites is 1. The maximum Gasteiger partial charge on any atom is 0.272 e. The summed E-state index contributed by atoms with van der Waals surface area (Å²) in [5.41, 5.74) is 0.247. The Morgan fingerprint density at radius 3 is 1.80 bits per heavy atom. The third kappa shape index (κ3) is 11.6. The van der Waals surface area contributed by atoms with Crippen molar-refractivity contribution in [2.75, 3.05) is 0 Å². The molecule has 0 aliphatic heterocycles. The first-order chi connectivity index (χ1) is 14.4. The Balaban J connectivity index is 2.24. The average Bonchev–Trinajstić information content (AvgIpc) is 2.70. The summed E-state index contributed by atoms with van der Waals surface area (Å²) in [5.74, 6) is 0. The van der Waals surface area contributed by atoms with Crippen LogP contribution in [0.25, 0.3) is 0 Å². The summed E-state index contributed by atoms with van der Waals surface area (Å²) in [5, 5.41) is 10.1. The first-order valence-electron chi connectivity index (χ1n) is 11.5. The highest BCUT2D eigenvalue weighted by atomic mass is 32.2. The molecular weight excluding hydrogens is 402 g/mol. The van der Waals surface area contributed by atoms with Gasteiger partial charge in [0.05, 0.1) is 10.2 Å². The highest BCUT2D eigenvalue weighted by Crippen LogP contribution is 2.24. The van der Waals surface area contributed by atoms with Crippen LogP contribution < -0.4 is 0 Å². The van der Waals surface area contributed by atoms with Crippen LogP contribution in [-0.2, 0) is 16.5 Å². The van der Waals surface area contributed by atoms with Gasteiger partial charge in [0, 0.05) is 11.6 Å². The summed E-state index contributed by atoms with van der Waals surface area (Å²) >= 11 is 0. The summed E-state index contributed by atoms with van der Waals surface area (Å²) in [7, 11) is -4.24. The molecule has 0 aliphatic rings. The molecule has 1 unspecified atom stereocenters. The number of nitro benzene ring substituents is 1. The molecule has 0 bridgehead atoms. The van der Waals surface area contributed by atoms with E-state index in [0.29, 0.717) is 18.4 Å². The third-order valence-electron chi connectivity index (χ3n) is 5.69. The molecule has 1 atom stereocenters. The standard InChI is InChI=1S/C23H39NO5S/c1-2-3-4-5-6-7-8-9-10-11-12-13-14-18-22(30(27,28)29)20-21-17-15-16-19-23(21)24(25)26/h15-17,19,22H,2-14,18,20H2,1H3,(H,27,28,29). The molecule has 1 aromatic rings. The van der Waals surface area contributed by atoms with Crippen molar-refractivity contribution in [2.24, 2.45) is 0 Å². The molecule has 0 aromatic heterocycles. The van der Waals surface area contributed by atoms with Crippen molar-refractivity contribution in [3.8, 4) is 0 Å². The number of hydrogen-bond acceptors (Lipinski definition) is 4. The minimum Gasteiger partial charge on any atom is -0.285 e. The van der Waals surface area contributed by atoms with Crippen molar-refractivity contribution >= 4 is 15.8 Å². The van der Waals surface area contributed by atoms with Gasteiger partial charge in [-0.1, -0.05) is 109 Å². The van der Waals surface area contributed by atoms with Crippen LogP contribution in [0.3, 0.4) is 0 Å². The highest BCUT2D eigenvalue weighted by molar-refractivity contribution is 7.86. The fourth-order valence-electron chi connectivity index (χ4n) is 3.85. The highest BCUT2D eigenvalue weighted by Gasteiger charge is 2.26. The van der Waals surface area contributed by atoms with Crippen LogP contribution in [0.5, 0.6) is 0 Å². The van der Waals surface area contributed by atoms with Crippen molar-refractivity contribution < 1.29 is 17.9 Å². The zero-order chi connectivity index (χ0) is 22.2. The van der Waals surface area contributed by atoms with Crippen LogP contribution in [0, 0.1) is 10.1 Å². The summed E-state index contributed by atoms with van der Waals surface area (Å²) in [6.07, 6.45) is 15.9. The molecule has 0 radical (unpaired) electrons. The van der Waals surface area contributed by atoms with Crippen molar-refractivity contribution in [1.82, 2.24) is 0 Å². The molecule has 6 nitrogen and oxygen atoms in total. The molecule has 0 aliphatic carbocycles. The van der Waals surface area contributed by atoms with E-state index in [1.807, 2.05) is 0 Å². The van der Waals surface area contributed by atoms with Crippen LogP contribution in [0.2, 0.25) is 0 Å². The van der Waals surface area contributed by atoms with E-state index >= 15 is 0 Å². The van der Waals surface area contributed by atoms with E-state index in [4.69, 9.17) is 0 Å². The lowest BCUT2D eigenvalue weighted by Gasteiger charge is -2.14. The summed E-state index contributed by atoms with van der Waals surface area (Å²) < 4.78 is 33.1. The molecule has 0 saturated heterocycles. The lowest BCUT2D eigenvalue weighted by Crippen LogP contribution is -2.23. The van der Waals surface area contributed by atoms with E-state index in [9.17, 15) is 23.1 Å². The molecule has 0 saturated carbocycles. The topological polar surface area (TPSA) is 97.5 Å². The molecule has 1 N–H and O–H groups in total. The predicted octanol–water partition coefficient (Wildman–Crippen LogP) is 6.88. The second-order valence-electron chi connectivity index (χ2n) is 8.26. The van der Waals surface area contributed by atoms with Gasteiger partial charge in [0.15, 0.2) is 0 Å². The minimum atomic E-state index is -4.24. The van der Waals surface area contributed by atoms with Gasteiger partial charge in [-0.15, -0.1) is 0 Å². The maximum atomic E-state index is 11.8. The van der Waals surface area contributed by atoms with Crippen molar-refractivity contribution in [3.05, 3.63) is 39.9 Å². The van der Waals surface area contributed by atoms with E-state index in [2.05, 4.69) is 6.92 Å². The number of unbranched alkanes of at least 4 members (excludes halogenated alkanes) is 12. The molecule has 0 heterocycles. The number of nitrogens with zero attached hydrogens (tertiary/aromatic N) is 1. The SMILES string of the molecule is CCCCCCCCCCCCCCCC(Cc1ccccc1[N+](=O)[O-])S(=O)(=O)O. The van der Waals surface area contributed by atoms with E-state index in [-0.39, 0.29) is 12.1 Å². The third-order valence-corrected chi connectivity index (χ3v) is 6.93. The smallest absolute Gasteiger partial charge is 0.272 e. The molecule has 30 heavy (non-hydrogen) atoms. The van der Waals surface area contributed by atoms with Gasteiger partial charge in [-0.25, -0.2) is 0 Å². The van der Waals surface area contributed by atoms with Crippen LogP contribution in [0.4, 0.5) is 5.69 Å². The molecular formula is C23H39NO5S. The van der Waals surface area contributed by atoms with Crippen molar-refractivity contribution in [1.29, 1.82) is 0 Å². The lowest BCUT2D eigenvalue weighted by atomic mass is 10.0. The summed E-state index contributed by atoms with van der Waals surface area (Å²) in [4.78, 5) is 10.6. The number of rotatable bonds is 18. The van der Waals surface area contributed by atoms with Crippen molar-refractivity contribution in [2.45, 2.75) is 108 Å². The first kappa shape index (κ1) is 26.6. The molecule has 0 spiro atoms. The van der Waals surface area contributed by atoms with Crippen LogP contribution in [0.15, 0.2) is 24.3 Å². The molecule has 172 valence electrons. The van der Waals surface area contributed by atoms with E-state index in [1.54, 1.807) is 18.2 Å². The molecule has 0 amide bonds. The fourth-order valence-corrected chi connectivity index (χ4v) is 4.71. The number of nitro groups is 1. The second-order valence-corrected chi connectivity index (χ2v) is 9.95. The summed E-state index contributed by atoms with van der Waals surface area (Å²) in [6.45, 7) is 2.23. The van der Waals surface area contributed by atoms with Crippen molar-refractivity contribution in [3.63, 3.8) is 0 Å². The lowest BCUT2D eigenvalue weighted by molar-refractivity contribution is -0.385. The molecule has 1 rings (SSSR count). The number of benzene rings is 1. The van der Waals surface area contributed by atoms with E-state index < -0.39 is 20.3 Å². The fraction of sp³-hybridized carbons (Fsp3) is 0.739. The second kappa shape index (κ2) is 15.3. The van der Waals surface area contributed by atoms with Gasteiger partial charge in [-0.2, -0.15) is 8.42 Å². The van der Waals surface area contributed by atoms with Gasteiger partial charge in [0.1, 0.15) is 0 Å². The van der Waals surface area contributed by atoms with Crippen LogP contribution >= 0.6 is 0 Å².